The molecule has 0 aliphatic carbocycles. The summed E-state index contributed by atoms with van der Waals surface area (Å²) in [5, 5.41) is 4.82. The van der Waals surface area contributed by atoms with Crippen molar-refractivity contribution >= 4 is 29.1 Å². The zero-order valence-corrected chi connectivity index (χ0v) is 18.4. The Bertz CT molecular complexity index is 1250. The van der Waals surface area contributed by atoms with Crippen molar-refractivity contribution in [2.75, 3.05) is 31.1 Å². The molecule has 32 heavy (non-hydrogen) atoms. The van der Waals surface area contributed by atoms with Crippen LogP contribution in [-0.4, -0.2) is 61.6 Å². The van der Waals surface area contributed by atoms with Crippen LogP contribution in [0.4, 0.5) is 5.82 Å². The largest absolute Gasteiger partial charge is 0.353 e. The molecular weight excluding hydrogens is 426 g/mol. The number of halogens is 1. The van der Waals surface area contributed by atoms with Gasteiger partial charge in [0.1, 0.15) is 17.3 Å². The van der Waals surface area contributed by atoms with E-state index in [0.717, 1.165) is 23.5 Å². The fourth-order valence-electron chi connectivity index (χ4n) is 4.11. The van der Waals surface area contributed by atoms with Crippen LogP contribution in [0, 0.1) is 6.92 Å². The number of carbonyl (C=O) groups is 1. The van der Waals surface area contributed by atoms with Crippen LogP contribution in [0.2, 0.25) is 5.15 Å². The molecule has 8 nitrogen and oxygen atoms in total. The molecule has 0 bridgehead atoms. The third kappa shape index (κ3) is 3.89. The summed E-state index contributed by atoms with van der Waals surface area (Å²) < 4.78 is 1.81. The summed E-state index contributed by atoms with van der Waals surface area (Å²) in [6.45, 7) is 4.59. The number of fused-ring (bicyclic) bond motifs is 1. The molecule has 9 heteroatoms. The number of carbonyl (C=O) groups excluding carboxylic acids is 1. The minimum absolute atomic E-state index is 0.0323. The van der Waals surface area contributed by atoms with E-state index in [0.29, 0.717) is 42.7 Å². The van der Waals surface area contributed by atoms with E-state index in [2.05, 4.69) is 37.1 Å². The lowest BCUT2D eigenvalue weighted by molar-refractivity contribution is 0.0746. The van der Waals surface area contributed by atoms with Crippen molar-refractivity contribution in [3.8, 4) is 0 Å². The summed E-state index contributed by atoms with van der Waals surface area (Å²) in [5.41, 5.74) is 3.82. The van der Waals surface area contributed by atoms with Crippen LogP contribution in [0.3, 0.4) is 0 Å². The van der Waals surface area contributed by atoms with Gasteiger partial charge in [0, 0.05) is 50.1 Å². The Morgan fingerprint density at radius 2 is 1.81 bits per heavy atom. The molecule has 0 saturated carbocycles. The third-order valence-corrected chi connectivity index (χ3v) is 5.99. The number of nitrogens with zero attached hydrogens (tertiary/aromatic N) is 7. The molecule has 1 saturated heterocycles. The first kappa shape index (κ1) is 20.4. The van der Waals surface area contributed by atoms with Gasteiger partial charge in [-0.15, -0.1) is 0 Å². The summed E-state index contributed by atoms with van der Waals surface area (Å²) in [7, 11) is 0. The van der Waals surface area contributed by atoms with Crippen molar-refractivity contribution in [3.05, 3.63) is 82.5 Å². The zero-order valence-electron chi connectivity index (χ0n) is 17.6. The average molecular weight is 448 g/mol. The Balaban J connectivity index is 1.42. The molecule has 1 aliphatic heterocycles. The summed E-state index contributed by atoms with van der Waals surface area (Å²) in [6.07, 6.45) is 3.81. The molecule has 1 fully saturated rings. The predicted octanol–water partition coefficient (Wildman–Crippen LogP) is 3.03. The number of amides is 1. The van der Waals surface area contributed by atoms with E-state index in [1.165, 1.54) is 18.1 Å². The molecule has 162 valence electrons. The second-order valence-corrected chi connectivity index (χ2v) is 8.17. The smallest absolute Gasteiger partial charge is 0.255 e. The first-order valence-electron chi connectivity index (χ1n) is 10.5. The SMILES string of the molecule is Cc1nc2ncnn2c(N2CCN(C(=O)c3ccc(Cl)nc3)CC2)c1Cc1ccccc1. The third-order valence-electron chi connectivity index (χ3n) is 5.77. The topological polar surface area (TPSA) is 79.5 Å². The predicted molar refractivity (Wildman–Crippen MR) is 122 cm³/mol. The van der Waals surface area contributed by atoms with E-state index >= 15 is 0 Å². The quantitative estimate of drug-likeness (QED) is 0.447. The van der Waals surface area contributed by atoms with Crippen LogP contribution < -0.4 is 4.90 Å². The van der Waals surface area contributed by atoms with Crippen molar-refractivity contribution in [2.24, 2.45) is 0 Å². The normalized spacial score (nSPS) is 14.2. The first-order chi connectivity index (χ1) is 15.6. The molecule has 0 spiro atoms. The van der Waals surface area contributed by atoms with Crippen LogP contribution in [0.5, 0.6) is 0 Å². The van der Waals surface area contributed by atoms with Gasteiger partial charge in [-0.3, -0.25) is 4.79 Å². The average Bonchev–Trinajstić information content (AvgIpc) is 3.28. The minimum atomic E-state index is -0.0323. The van der Waals surface area contributed by atoms with E-state index < -0.39 is 0 Å². The number of benzene rings is 1. The van der Waals surface area contributed by atoms with Crippen LogP contribution >= 0.6 is 11.6 Å². The van der Waals surface area contributed by atoms with Gasteiger partial charge < -0.3 is 9.80 Å². The number of hydrogen-bond acceptors (Lipinski definition) is 6. The number of rotatable bonds is 4. The molecule has 0 radical (unpaired) electrons. The van der Waals surface area contributed by atoms with Gasteiger partial charge >= 0.3 is 0 Å². The number of aryl methyl sites for hydroxylation is 1. The highest BCUT2D eigenvalue weighted by Gasteiger charge is 2.27. The highest BCUT2D eigenvalue weighted by molar-refractivity contribution is 6.29. The number of pyridine rings is 1. The molecule has 1 aromatic carbocycles. The second kappa shape index (κ2) is 8.55. The lowest BCUT2D eigenvalue weighted by Crippen LogP contribution is -2.49. The highest BCUT2D eigenvalue weighted by atomic mass is 35.5. The van der Waals surface area contributed by atoms with Crippen LogP contribution in [0.15, 0.2) is 55.0 Å². The van der Waals surface area contributed by atoms with Crippen molar-refractivity contribution in [1.82, 2.24) is 29.5 Å². The van der Waals surface area contributed by atoms with Crippen LogP contribution in [-0.2, 0) is 6.42 Å². The summed E-state index contributed by atoms with van der Waals surface area (Å²) >= 11 is 5.85. The standard InChI is InChI=1S/C23H22ClN7O/c1-16-19(13-17-5-3-2-4-6-17)21(31-23(28-16)26-15-27-31)29-9-11-30(12-10-29)22(32)18-7-8-20(24)25-14-18/h2-8,14-15H,9-13H2,1H3. The highest BCUT2D eigenvalue weighted by Crippen LogP contribution is 2.27. The second-order valence-electron chi connectivity index (χ2n) is 7.78. The van der Waals surface area contributed by atoms with Gasteiger partial charge in [-0.2, -0.15) is 14.6 Å². The van der Waals surface area contributed by atoms with E-state index in [1.807, 2.05) is 34.5 Å². The van der Waals surface area contributed by atoms with E-state index in [4.69, 9.17) is 11.6 Å². The number of aromatic nitrogens is 5. The number of hydrogen-bond donors (Lipinski definition) is 0. The van der Waals surface area contributed by atoms with Crippen molar-refractivity contribution in [1.29, 1.82) is 0 Å². The van der Waals surface area contributed by atoms with E-state index in [9.17, 15) is 4.79 Å². The lowest BCUT2D eigenvalue weighted by Gasteiger charge is -2.37. The molecule has 4 heterocycles. The van der Waals surface area contributed by atoms with E-state index in [1.54, 1.807) is 12.1 Å². The molecule has 4 aromatic rings. The molecule has 1 aliphatic rings. The summed E-state index contributed by atoms with van der Waals surface area (Å²) in [4.78, 5) is 30.0. The minimum Gasteiger partial charge on any atom is -0.353 e. The van der Waals surface area contributed by atoms with Crippen molar-refractivity contribution in [2.45, 2.75) is 13.3 Å². The number of anilines is 1. The Hall–Kier alpha value is -3.52. The van der Waals surface area contributed by atoms with Gasteiger partial charge in [-0.05, 0) is 24.6 Å². The Labute approximate surface area is 190 Å². The molecule has 5 rings (SSSR count). The monoisotopic (exact) mass is 447 g/mol. The molecule has 1 amide bonds. The van der Waals surface area contributed by atoms with Gasteiger partial charge in [-0.1, -0.05) is 41.9 Å². The van der Waals surface area contributed by atoms with Gasteiger partial charge in [0.05, 0.1) is 5.56 Å². The van der Waals surface area contributed by atoms with Crippen LogP contribution in [0.1, 0.15) is 27.2 Å². The van der Waals surface area contributed by atoms with Crippen molar-refractivity contribution in [3.63, 3.8) is 0 Å². The Morgan fingerprint density at radius 1 is 1.03 bits per heavy atom. The molecular formula is C23H22ClN7O. The number of piperazine rings is 1. The van der Waals surface area contributed by atoms with Crippen molar-refractivity contribution < 1.29 is 4.79 Å². The summed E-state index contributed by atoms with van der Waals surface area (Å²) in [5.74, 6) is 1.55. The van der Waals surface area contributed by atoms with Gasteiger partial charge in [0.15, 0.2) is 0 Å². The summed E-state index contributed by atoms with van der Waals surface area (Å²) in [6, 6.07) is 13.7. The fourth-order valence-corrected chi connectivity index (χ4v) is 4.22. The lowest BCUT2D eigenvalue weighted by atomic mass is 10.0. The molecule has 0 atom stereocenters. The van der Waals surface area contributed by atoms with E-state index in [-0.39, 0.29) is 5.91 Å². The van der Waals surface area contributed by atoms with Gasteiger partial charge in [0.25, 0.3) is 11.7 Å². The fraction of sp³-hybridized carbons (Fsp3) is 0.261. The zero-order chi connectivity index (χ0) is 22.1. The molecule has 3 aromatic heterocycles. The Morgan fingerprint density at radius 3 is 2.53 bits per heavy atom. The first-order valence-corrected chi connectivity index (χ1v) is 10.9. The Kier molecular flexibility index (Phi) is 5.45. The van der Waals surface area contributed by atoms with Gasteiger partial charge in [0.2, 0.25) is 0 Å². The van der Waals surface area contributed by atoms with Crippen LogP contribution in [0.25, 0.3) is 5.78 Å². The molecule has 0 N–H and O–H groups in total. The van der Waals surface area contributed by atoms with Gasteiger partial charge in [-0.25, -0.2) is 9.97 Å². The molecule has 0 unspecified atom stereocenters. The maximum atomic E-state index is 12.9. The maximum absolute atomic E-state index is 12.9. The maximum Gasteiger partial charge on any atom is 0.255 e.